The molecule has 10 heteroatoms. The molecule has 1 unspecified atom stereocenters. The van der Waals surface area contributed by atoms with E-state index in [4.69, 9.17) is 15.2 Å². The first-order valence-electron chi connectivity index (χ1n) is 10.7. The third-order valence-electron chi connectivity index (χ3n) is 6.24. The van der Waals surface area contributed by atoms with E-state index in [1.54, 1.807) is 37.3 Å². The molecule has 3 N–H and O–H groups in total. The molecule has 4 rings (SSSR count). The maximum atomic E-state index is 15.0. The Morgan fingerprint density at radius 1 is 1.21 bits per heavy atom. The van der Waals surface area contributed by atoms with Crippen LogP contribution in [0.4, 0.5) is 8.78 Å². The van der Waals surface area contributed by atoms with Crippen molar-refractivity contribution in [2.45, 2.75) is 42.1 Å². The number of hydrogen-bond donors (Lipinski definition) is 2. The lowest BCUT2D eigenvalue weighted by Crippen LogP contribution is -2.53. The first kappa shape index (κ1) is 23.7. The Balaban J connectivity index is 1.61. The molecule has 2 aromatic rings. The van der Waals surface area contributed by atoms with Crippen molar-refractivity contribution in [2.24, 2.45) is 5.73 Å². The van der Waals surface area contributed by atoms with Crippen LogP contribution in [0.25, 0.3) is 0 Å². The molecule has 178 valence electrons. The number of amides is 1. The van der Waals surface area contributed by atoms with E-state index in [1.807, 2.05) is 0 Å². The van der Waals surface area contributed by atoms with Crippen molar-refractivity contribution in [3.63, 3.8) is 0 Å². The molecule has 0 aromatic heterocycles. The van der Waals surface area contributed by atoms with Gasteiger partial charge in [-0.15, -0.1) is 0 Å². The molecule has 0 saturated carbocycles. The number of primary amides is 1. The lowest BCUT2D eigenvalue weighted by Gasteiger charge is -2.35. The molecule has 2 fully saturated rings. The molecular weight excluding hydrogens is 454 g/mol. The number of ether oxygens (including phenoxy) is 2. The summed E-state index contributed by atoms with van der Waals surface area (Å²) in [7, 11) is -3.71. The van der Waals surface area contributed by atoms with Crippen molar-refractivity contribution in [1.82, 2.24) is 5.32 Å². The summed E-state index contributed by atoms with van der Waals surface area (Å²) >= 11 is 0. The third kappa shape index (κ3) is 4.79. The van der Waals surface area contributed by atoms with Gasteiger partial charge in [0.1, 0.15) is 17.7 Å². The molecule has 0 radical (unpaired) electrons. The Bertz CT molecular complexity index is 1130. The normalized spacial score (nSPS) is 25.8. The van der Waals surface area contributed by atoms with Crippen molar-refractivity contribution in [2.75, 3.05) is 19.8 Å². The van der Waals surface area contributed by atoms with Gasteiger partial charge in [0.2, 0.25) is 0 Å². The van der Waals surface area contributed by atoms with Crippen LogP contribution in [-0.4, -0.2) is 51.5 Å². The van der Waals surface area contributed by atoms with Gasteiger partial charge in [0.05, 0.1) is 23.7 Å². The number of carbonyl (C=O) groups excluding carboxylic acids is 1. The lowest BCUT2D eigenvalue weighted by atomic mass is 9.99. The number of nitrogens with two attached hydrogens (primary N) is 1. The Labute approximate surface area is 191 Å². The number of nitrogens with one attached hydrogen (secondary N) is 1. The molecule has 7 nitrogen and oxygen atoms in total. The molecule has 2 saturated heterocycles. The van der Waals surface area contributed by atoms with Gasteiger partial charge in [0, 0.05) is 18.2 Å². The summed E-state index contributed by atoms with van der Waals surface area (Å²) in [6, 6.07) is 10.1. The minimum atomic E-state index is -3.71. The van der Waals surface area contributed by atoms with Gasteiger partial charge in [-0.3, -0.25) is 4.79 Å². The first-order valence-corrected chi connectivity index (χ1v) is 12.3. The van der Waals surface area contributed by atoms with Crippen LogP contribution in [0.5, 0.6) is 0 Å². The van der Waals surface area contributed by atoms with E-state index in [2.05, 4.69) is 5.32 Å². The zero-order valence-corrected chi connectivity index (χ0v) is 18.9. The second-order valence-electron chi connectivity index (χ2n) is 8.47. The molecule has 0 bridgehead atoms. The number of carbonyl (C=O) groups is 1. The van der Waals surface area contributed by atoms with Crippen LogP contribution in [-0.2, 0) is 30.5 Å². The highest BCUT2D eigenvalue weighted by atomic mass is 32.2. The second kappa shape index (κ2) is 9.46. The number of benzene rings is 2. The van der Waals surface area contributed by atoms with Crippen molar-refractivity contribution in [3.05, 3.63) is 70.8 Å². The maximum Gasteiger partial charge on any atom is 0.251 e. The van der Waals surface area contributed by atoms with Crippen LogP contribution in [0.3, 0.4) is 0 Å². The van der Waals surface area contributed by atoms with E-state index in [0.717, 1.165) is 12.1 Å². The molecule has 2 aromatic carbocycles. The zero-order chi connectivity index (χ0) is 23.8. The zero-order valence-electron chi connectivity index (χ0n) is 18.0. The Morgan fingerprint density at radius 3 is 2.52 bits per heavy atom. The molecule has 33 heavy (non-hydrogen) atoms. The van der Waals surface area contributed by atoms with Crippen LogP contribution in [0.2, 0.25) is 0 Å². The predicted molar refractivity (Wildman–Crippen MR) is 117 cm³/mol. The van der Waals surface area contributed by atoms with Crippen LogP contribution in [0.1, 0.15) is 35.0 Å². The van der Waals surface area contributed by atoms with Gasteiger partial charge >= 0.3 is 0 Å². The largest absolute Gasteiger partial charge is 0.376 e. The van der Waals surface area contributed by atoms with Crippen LogP contribution in [0, 0.1) is 11.6 Å². The topological polar surface area (TPSA) is 108 Å². The van der Waals surface area contributed by atoms with Crippen molar-refractivity contribution in [1.29, 1.82) is 0 Å². The number of rotatable bonds is 7. The Hall–Kier alpha value is -2.40. The summed E-state index contributed by atoms with van der Waals surface area (Å²) in [6.07, 6.45) is -2.12. The Morgan fingerprint density at radius 2 is 1.91 bits per heavy atom. The van der Waals surface area contributed by atoms with Gasteiger partial charge in [-0.05, 0) is 36.6 Å². The van der Waals surface area contributed by atoms with Crippen molar-refractivity contribution >= 4 is 15.7 Å². The highest BCUT2D eigenvalue weighted by molar-refractivity contribution is 7.92. The minimum absolute atomic E-state index is 0.0950. The second-order valence-corrected chi connectivity index (χ2v) is 10.8. The fraction of sp³-hybridized carbons (Fsp3) is 0.435. The van der Waals surface area contributed by atoms with Gasteiger partial charge in [0.25, 0.3) is 5.91 Å². The standard InChI is InChI=1S/C23H26F2N2O5S/c1-13-20(33(29,30)21(10-27-13)14-5-3-2-4-6-14)8-15-7-19(25)17(9-18(15)24)22(23(26)28)32-16-11-31-12-16/h2-7,9,13,16,20-22,27H,8,10-12H2,1H3,(H2,26,28)/t13-,20?,21-,22-/m0/s1. The molecule has 1 amide bonds. The third-order valence-corrected chi connectivity index (χ3v) is 8.89. The molecule has 2 heterocycles. The van der Waals surface area contributed by atoms with Gasteiger partial charge in [0.15, 0.2) is 15.9 Å². The SMILES string of the molecule is C[C@@H]1NC[C@@H](c2ccccc2)S(=O)(=O)C1Cc1cc(F)c([C@H](OC2COC2)C(N)=O)cc1F. The van der Waals surface area contributed by atoms with E-state index >= 15 is 4.39 Å². The van der Waals surface area contributed by atoms with E-state index in [-0.39, 0.29) is 37.3 Å². The molecular formula is C23H26F2N2O5S. The fourth-order valence-corrected chi connectivity index (χ4v) is 6.62. The number of hydrogen-bond acceptors (Lipinski definition) is 6. The smallest absolute Gasteiger partial charge is 0.251 e. The monoisotopic (exact) mass is 480 g/mol. The van der Waals surface area contributed by atoms with Crippen LogP contribution < -0.4 is 11.1 Å². The highest BCUT2D eigenvalue weighted by Gasteiger charge is 2.43. The summed E-state index contributed by atoms with van der Waals surface area (Å²) in [5.74, 6) is -2.66. The first-order chi connectivity index (χ1) is 15.7. The van der Waals surface area contributed by atoms with Gasteiger partial charge in [-0.25, -0.2) is 17.2 Å². The average molecular weight is 481 g/mol. The highest BCUT2D eigenvalue weighted by Crippen LogP contribution is 2.34. The van der Waals surface area contributed by atoms with Gasteiger partial charge in [-0.1, -0.05) is 30.3 Å². The molecule has 2 aliphatic heterocycles. The average Bonchev–Trinajstić information content (AvgIpc) is 2.73. The maximum absolute atomic E-state index is 15.0. The summed E-state index contributed by atoms with van der Waals surface area (Å²) < 4.78 is 67.2. The quantitative estimate of drug-likeness (QED) is 0.628. The Kier molecular flexibility index (Phi) is 6.81. The van der Waals surface area contributed by atoms with E-state index in [9.17, 15) is 17.6 Å². The molecule has 0 spiro atoms. The van der Waals surface area contributed by atoms with E-state index in [0.29, 0.717) is 5.56 Å². The fourth-order valence-electron chi connectivity index (χ4n) is 4.26. The lowest BCUT2D eigenvalue weighted by molar-refractivity contribution is -0.167. The predicted octanol–water partition coefficient (Wildman–Crippen LogP) is 1.97. The van der Waals surface area contributed by atoms with Crippen LogP contribution >= 0.6 is 0 Å². The molecule has 4 atom stereocenters. The van der Waals surface area contributed by atoms with Crippen molar-refractivity contribution < 1.29 is 31.5 Å². The summed E-state index contributed by atoms with van der Waals surface area (Å²) in [6.45, 7) is 2.42. The summed E-state index contributed by atoms with van der Waals surface area (Å²) in [4.78, 5) is 11.8. The van der Waals surface area contributed by atoms with E-state index < -0.39 is 56.1 Å². The summed E-state index contributed by atoms with van der Waals surface area (Å²) in [5, 5.41) is 1.43. The van der Waals surface area contributed by atoms with E-state index in [1.165, 1.54) is 0 Å². The molecule has 0 aliphatic carbocycles. The summed E-state index contributed by atoms with van der Waals surface area (Å²) in [5.41, 5.74) is 5.57. The number of sulfone groups is 1. The molecule has 2 aliphatic rings. The van der Waals surface area contributed by atoms with Gasteiger partial charge in [-0.2, -0.15) is 0 Å². The number of halogens is 2. The minimum Gasteiger partial charge on any atom is -0.376 e. The van der Waals surface area contributed by atoms with Crippen LogP contribution in [0.15, 0.2) is 42.5 Å². The van der Waals surface area contributed by atoms with Crippen molar-refractivity contribution in [3.8, 4) is 0 Å². The van der Waals surface area contributed by atoms with Gasteiger partial charge < -0.3 is 20.5 Å².